The smallest absolute Gasteiger partial charge is 0.305 e. The Morgan fingerprint density at radius 3 is 2.44 bits per heavy atom. The van der Waals surface area contributed by atoms with Gasteiger partial charge in [0.15, 0.2) is 5.78 Å². The second-order valence-corrected chi connectivity index (χ2v) is 4.13. The molecule has 0 aliphatic rings. The number of aliphatic carboxylic acids is 1. The second kappa shape index (κ2) is 4.45. The van der Waals surface area contributed by atoms with Gasteiger partial charge in [-0.2, -0.15) is 0 Å². The van der Waals surface area contributed by atoms with Gasteiger partial charge in [0.2, 0.25) is 0 Å². The normalized spacial score (nSPS) is 14.2. The number of carboxylic acid groups (broad SMARTS) is 1. The first-order valence-corrected chi connectivity index (χ1v) is 4.95. The van der Waals surface area contributed by atoms with Crippen LogP contribution in [0.1, 0.15) is 29.3 Å². The molecule has 0 aromatic heterocycles. The molecule has 0 saturated carbocycles. The standard InChI is InChI=1S/C12H15NO3/c1-8-5-3-4-6-9(8)11(16)12(2,13)7-10(14)15/h3-6H,7,13H2,1-2H3,(H,14,15). The molecule has 86 valence electrons. The number of rotatable bonds is 4. The Labute approximate surface area is 94.1 Å². The van der Waals surface area contributed by atoms with E-state index in [1.54, 1.807) is 25.1 Å². The van der Waals surface area contributed by atoms with E-state index in [1.807, 2.05) is 6.07 Å². The van der Waals surface area contributed by atoms with Crippen molar-refractivity contribution in [3.05, 3.63) is 35.4 Å². The van der Waals surface area contributed by atoms with Crippen molar-refractivity contribution in [1.29, 1.82) is 0 Å². The van der Waals surface area contributed by atoms with Crippen LogP contribution in [0.4, 0.5) is 0 Å². The molecule has 0 radical (unpaired) electrons. The van der Waals surface area contributed by atoms with Crippen molar-refractivity contribution in [3.8, 4) is 0 Å². The number of carboxylic acids is 1. The zero-order valence-corrected chi connectivity index (χ0v) is 9.36. The molecule has 0 aliphatic heterocycles. The molecular weight excluding hydrogens is 206 g/mol. The van der Waals surface area contributed by atoms with Gasteiger partial charge >= 0.3 is 5.97 Å². The highest BCUT2D eigenvalue weighted by Crippen LogP contribution is 2.17. The van der Waals surface area contributed by atoms with Crippen molar-refractivity contribution in [2.75, 3.05) is 0 Å². The van der Waals surface area contributed by atoms with Gasteiger partial charge in [0, 0.05) is 5.56 Å². The number of aryl methyl sites for hydroxylation is 1. The van der Waals surface area contributed by atoms with Gasteiger partial charge < -0.3 is 10.8 Å². The summed E-state index contributed by atoms with van der Waals surface area (Å²) in [6.45, 7) is 3.24. The molecule has 0 spiro atoms. The molecule has 3 N–H and O–H groups in total. The van der Waals surface area contributed by atoms with Crippen LogP contribution in [-0.4, -0.2) is 22.4 Å². The maximum Gasteiger partial charge on any atom is 0.305 e. The van der Waals surface area contributed by atoms with Crippen LogP contribution in [0.25, 0.3) is 0 Å². The number of carbonyl (C=O) groups is 2. The van der Waals surface area contributed by atoms with Crippen LogP contribution in [0.2, 0.25) is 0 Å². The summed E-state index contributed by atoms with van der Waals surface area (Å²) in [5.74, 6) is -1.42. The number of carbonyl (C=O) groups excluding carboxylic acids is 1. The lowest BCUT2D eigenvalue weighted by Crippen LogP contribution is -2.46. The van der Waals surface area contributed by atoms with Crippen LogP contribution in [0.5, 0.6) is 0 Å². The van der Waals surface area contributed by atoms with E-state index >= 15 is 0 Å². The highest BCUT2D eigenvalue weighted by Gasteiger charge is 2.32. The van der Waals surface area contributed by atoms with Crippen LogP contribution >= 0.6 is 0 Å². The molecule has 4 heteroatoms. The summed E-state index contributed by atoms with van der Waals surface area (Å²) in [6.07, 6.45) is -0.375. The van der Waals surface area contributed by atoms with E-state index < -0.39 is 11.5 Å². The molecule has 0 saturated heterocycles. The Bertz CT molecular complexity index is 424. The molecular formula is C12H15NO3. The Hall–Kier alpha value is -1.68. The number of hydrogen-bond acceptors (Lipinski definition) is 3. The fourth-order valence-electron chi connectivity index (χ4n) is 1.53. The fourth-order valence-corrected chi connectivity index (χ4v) is 1.53. The minimum atomic E-state index is -1.36. The van der Waals surface area contributed by atoms with Gasteiger partial charge in [-0.05, 0) is 19.4 Å². The maximum atomic E-state index is 12.0. The summed E-state index contributed by atoms with van der Waals surface area (Å²) in [5.41, 5.74) is 5.65. The van der Waals surface area contributed by atoms with E-state index in [9.17, 15) is 9.59 Å². The van der Waals surface area contributed by atoms with E-state index in [0.29, 0.717) is 5.56 Å². The van der Waals surface area contributed by atoms with E-state index in [-0.39, 0.29) is 12.2 Å². The average molecular weight is 221 g/mol. The van der Waals surface area contributed by atoms with Crippen molar-refractivity contribution in [2.45, 2.75) is 25.8 Å². The van der Waals surface area contributed by atoms with Gasteiger partial charge in [-0.15, -0.1) is 0 Å². The maximum absolute atomic E-state index is 12.0. The third-order valence-electron chi connectivity index (χ3n) is 2.43. The fraction of sp³-hybridized carbons (Fsp3) is 0.333. The van der Waals surface area contributed by atoms with Crippen LogP contribution < -0.4 is 5.73 Å². The summed E-state index contributed by atoms with van der Waals surface area (Å²) in [6, 6.07) is 7.00. The second-order valence-electron chi connectivity index (χ2n) is 4.13. The molecule has 0 aliphatic carbocycles. The predicted molar refractivity (Wildman–Crippen MR) is 60.4 cm³/mol. The highest BCUT2D eigenvalue weighted by molar-refractivity contribution is 6.05. The van der Waals surface area contributed by atoms with Crippen molar-refractivity contribution >= 4 is 11.8 Å². The van der Waals surface area contributed by atoms with Crippen molar-refractivity contribution < 1.29 is 14.7 Å². The third-order valence-corrected chi connectivity index (χ3v) is 2.43. The van der Waals surface area contributed by atoms with E-state index in [0.717, 1.165) is 5.56 Å². The van der Waals surface area contributed by atoms with Crippen LogP contribution in [-0.2, 0) is 4.79 Å². The molecule has 0 heterocycles. The number of nitrogens with two attached hydrogens (primary N) is 1. The largest absolute Gasteiger partial charge is 0.481 e. The van der Waals surface area contributed by atoms with Crippen LogP contribution in [0.3, 0.4) is 0 Å². The lowest BCUT2D eigenvalue weighted by Gasteiger charge is -2.21. The first kappa shape index (κ1) is 12.4. The predicted octanol–water partition coefficient (Wildman–Crippen LogP) is 1.37. The summed E-state index contributed by atoms with van der Waals surface area (Å²) in [7, 11) is 0. The summed E-state index contributed by atoms with van der Waals surface area (Å²) >= 11 is 0. The van der Waals surface area contributed by atoms with Gasteiger partial charge in [-0.3, -0.25) is 9.59 Å². The number of hydrogen-bond donors (Lipinski definition) is 2. The van der Waals surface area contributed by atoms with Gasteiger partial charge in [-0.25, -0.2) is 0 Å². The number of benzene rings is 1. The topological polar surface area (TPSA) is 80.4 Å². The van der Waals surface area contributed by atoms with Crippen molar-refractivity contribution in [3.63, 3.8) is 0 Å². The number of Topliss-reactive ketones (excluding diaryl/α,β-unsaturated/α-hetero) is 1. The lowest BCUT2D eigenvalue weighted by molar-refractivity contribution is -0.137. The summed E-state index contributed by atoms with van der Waals surface area (Å²) < 4.78 is 0. The molecule has 1 rings (SSSR count). The van der Waals surface area contributed by atoms with E-state index in [4.69, 9.17) is 10.8 Å². The first-order chi connectivity index (χ1) is 7.34. The number of ketones is 1. The molecule has 1 unspecified atom stereocenters. The van der Waals surface area contributed by atoms with Crippen LogP contribution in [0.15, 0.2) is 24.3 Å². The van der Waals surface area contributed by atoms with Gasteiger partial charge in [0.1, 0.15) is 0 Å². The minimum Gasteiger partial charge on any atom is -0.481 e. The Morgan fingerprint density at radius 1 is 1.38 bits per heavy atom. The van der Waals surface area contributed by atoms with Gasteiger partial charge in [-0.1, -0.05) is 24.3 Å². The Kier molecular flexibility index (Phi) is 3.44. The van der Waals surface area contributed by atoms with Crippen molar-refractivity contribution in [2.24, 2.45) is 5.73 Å². The lowest BCUT2D eigenvalue weighted by atomic mass is 9.87. The highest BCUT2D eigenvalue weighted by atomic mass is 16.4. The zero-order valence-electron chi connectivity index (χ0n) is 9.36. The molecule has 0 fully saturated rings. The van der Waals surface area contributed by atoms with Crippen LogP contribution in [0, 0.1) is 6.92 Å². The summed E-state index contributed by atoms with van der Waals surface area (Å²) in [4.78, 5) is 22.6. The SMILES string of the molecule is Cc1ccccc1C(=O)C(C)(N)CC(=O)O. The van der Waals surface area contributed by atoms with E-state index in [1.165, 1.54) is 6.92 Å². The minimum absolute atomic E-state index is 0.340. The Balaban J connectivity index is 3.02. The van der Waals surface area contributed by atoms with Crippen molar-refractivity contribution in [1.82, 2.24) is 0 Å². The molecule has 16 heavy (non-hydrogen) atoms. The molecule has 1 aromatic rings. The summed E-state index contributed by atoms with van der Waals surface area (Å²) in [5, 5.41) is 8.68. The average Bonchev–Trinajstić information content (AvgIpc) is 2.15. The molecule has 4 nitrogen and oxygen atoms in total. The van der Waals surface area contributed by atoms with E-state index in [2.05, 4.69) is 0 Å². The monoisotopic (exact) mass is 221 g/mol. The molecule has 1 atom stereocenters. The quantitative estimate of drug-likeness (QED) is 0.752. The zero-order chi connectivity index (χ0) is 12.3. The molecule has 0 amide bonds. The van der Waals surface area contributed by atoms with Gasteiger partial charge in [0.25, 0.3) is 0 Å². The molecule has 0 bridgehead atoms. The first-order valence-electron chi connectivity index (χ1n) is 4.95. The van der Waals surface area contributed by atoms with Gasteiger partial charge in [0.05, 0.1) is 12.0 Å². The molecule has 1 aromatic carbocycles. The third kappa shape index (κ3) is 2.67. The Morgan fingerprint density at radius 2 is 1.94 bits per heavy atom.